The number of ether oxygens (including phenoxy) is 1. The Balaban J connectivity index is 2.10. The second-order valence-corrected chi connectivity index (χ2v) is 4.80. The molecule has 0 aliphatic carbocycles. The van der Waals surface area contributed by atoms with Crippen LogP contribution in [0.2, 0.25) is 0 Å². The molecule has 19 heavy (non-hydrogen) atoms. The van der Waals surface area contributed by atoms with Gasteiger partial charge in [0.25, 0.3) is 0 Å². The van der Waals surface area contributed by atoms with Gasteiger partial charge in [0, 0.05) is 19.6 Å². The van der Waals surface area contributed by atoms with E-state index in [1.807, 2.05) is 0 Å². The molecule has 1 aliphatic rings. The molecule has 0 unspecified atom stereocenters. The smallest absolute Gasteiger partial charge is 0.332 e. The molecular weight excluding hydrogens is 251 g/mol. The second kappa shape index (κ2) is 6.12. The van der Waals surface area contributed by atoms with Crippen LogP contribution in [0.5, 0.6) is 0 Å². The Hall–Kier alpha value is -1.46. The van der Waals surface area contributed by atoms with Crippen molar-refractivity contribution >= 4 is 5.97 Å². The van der Waals surface area contributed by atoms with Crippen molar-refractivity contribution in [1.82, 2.24) is 0 Å². The number of aliphatic carboxylic acids is 1. The predicted octanol–water partition coefficient (Wildman–Crippen LogP) is 1.71. The van der Waals surface area contributed by atoms with Crippen LogP contribution < -0.4 is 0 Å². The maximum absolute atomic E-state index is 14.0. The van der Waals surface area contributed by atoms with E-state index in [0.717, 1.165) is 12.8 Å². The summed E-state index contributed by atoms with van der Waals surface area (Å²) < 4.78 is 19.3. The summed E-state index contributed by atoms with van der Waals surface area (Å²) in [7, 11) is 0. The van der Waals surface area contributed by atoms with Gasteiger partial charge in [-0.15, -0.1) is 0 Å². The molecule has 1 atom stereocenters. The predicted molar refractivity (Wildman–Crippen MR) is 66.5 cm³/mol. The van der Waals surface area contributed by atoms with E-state index in [-0.39, 0.29) is 18.2 Å². The molecule has 1 saturated heterocycles. The molecule has 0 radical (unpaired) electrons. The Kier molecular flexibility index (Phi) is 4.50. The molecule has 1 heterocycles. The SMILES string of the molecule is O=C(O)[C@@H](O)Cc1ccc(C2CCOCC2)c(F)c1. The van der Waals surface area contributed by atoms with Crippen LogP contribution >= 0.6 is 0 Å². The summed E-state index contributed by atoms with van der Waals surface area (Å²) in [5, 5.41) is 17.9. The summed E-state index contributed by atoms with van der Waals surface area (Å²) in [4.78, 5) is 10.5. The highest BCUT2D eigenvalue weighted by molar-refractivity contribution is 5.72. The number of aliphatic hydroxyl groups is 1. The van der Waals surface area contributed by atoms with E-state index in [4.69, 9.17) is 9.84 Å². The van der Waals surface area contributed by atoms with Crippen molar-refractivity contribution in [2.45, 2.75) is 31.3 Å². The number of carboxylic acids is 1. The van der Waals surface area contributed by atoms with Gasteiger partial charge in [-0.25, -0.2) is 9.18 Å². The van der Waals surface area contributed by atoms with Crippen molar-refractivity contribution in [2.75, 3.05) is 13.2 Å². The molecule has 2 rings (SSSR count). The molecule has 0 bridgehead atoms. The van der Waals surface area contributed by atoms with Crippen LogP contribution in [0, 0.1) is 5.82 Å². The van der Waals surface area contributed by atoms with E-state index in [2.05, 4.69) is 0 Å². The molecule has 1 aliphatic heterocycles. The van der Waals surface area contributed by atoms with Gasteiger partial charge in [-0.05, 0) is 36.0 Å². The quantitative estimate of drug-likeness (QED) is 0.872. The van der Waals surface area contributed by atoms with E-state index in [9.17, 15) is 14.3 Å². The van der Waals surface area contributed by atoms with Crippen LogP contribution in [0.4, 0.5) is 4.39 Å². The van der Waals surface area contributed by atoms with E-state index < -0.39 is 12.1 Å². The fourth-order valence-corrected chi connectivity index (χ4v) is 2.35. The van der Waals surface area contributed by atoms with Gasteiger partial charge >= 0.3 is 5.97 Å². The van der Waals surface area contributed by atoms with E-state index in [1.165, 1.54) is 6.07 Å². The standard InChI is InChI=1S/C14H17FO4/c15-12-7-9(8-13(16)14(17)18)1-2-11(12)10-3-5-19-6-4-10/h1-2,7,10,13,16H,3-6,8H2,(H,17,18)/t13-/m0/s1. The Bertz CT molecular complexity index is 455. The lowest BCUT2D eigenvalue weighted by Crippen LogP contribution is -2.22. The molecule has 0 spiro atoms. The summed E-state index contributed by atoms with van der Waals surface area (Å²) in [6.45, 7) is 1.28. The van der Waals surface area contributed by atoms with Crippen molar-refractivity contribution in [1.29, 1.82) is 0 Å². The Labute approximate surface area is 110 Å². The zero-order valence-electron chi connectivity index (χ0n) is 10.5. The average molecular weight is 268 g/mol. The highest BCUT2D eigenvalue weighted by atomic mass is 19.1. The first-order valence-electron chi connectivity index (χ1n) is 6.35. The summed E-state index contributed by atoms with van der Waals surface area (Å²) in [6, 6.07) is 4.69. The minimum absolute atomic E-state index is 0.0830. The van der Waals surface area contributed by atoms with Gasteiger partial charge < -0.3 is 14.9 Å². The number of hydrogen-bond donors (Lipinski definition) is 2. The minimum Gasteiger partial charge on any atom is -0.479 e. The summed E-state index contributed by atoms with van der Waals surface area (Å²) >= 11 is 0. The van der Waals surface area contributed by atoms with Crippen LogP contribution in [0.3, 0.4) is 0 Å². The molecule has 0 amide bonds. The molecule has 1 aromatic carbocycles. The summed E-state index contributed by atoms with van der Waals surface area (Å²) in [6.07, 6.45) is 0.0239. The van der Waals surface area contributed by atoms with Crippen molar-refractivity contribution in [3.05, 3.63) is 35.1 Å². The summed E-state index contributed by atoms with van der Waals surface area (Å²) in [5.74, 6) is -1.47. The zero-order valence-corrected chi connectivity index (χ0v) is 10.5. The fraction of sp³-hybridized carbons (Fsp3) is 0.500. The number of rotatable bonds is 4. The van der Waals surface area contributed by atoms with Crippen LogP contribution in [0.15, 0.2) is 18.2 Å². The molecule has 1 fully saturated rings. The molecule has 0 aromatic heterocycles. The number of carbonyl (C=O) groups is 1. The van der Waals surface area contributed by atoms with Crippen LogP contribution in [-0.4, -0.2) is 35.5 Å². The number of benzene rings is 1. The number of halogens is 1. The molecule has 4 nitrogen and oxygen atoms in total. The lowest BCUT2D eigenvalue weighted by Gasteiger charge is -2.23. The van der Waals surface area contributed by atoms with Crippen molar-refractivity contribution in [2.24, 2.45) is 0 Å². The van der Waals surface area contributed by atoms with Gasteiger partial charge in [-0.3, -0.25) is 0 Å². The highest BCUT2D eigenvalue weighted by Gasteiger charge is 2.20. The zero-order chi connectivity index (χ0) is 13.8. The normalized spacial score (nSPS) is 18.2. The largest absolute Gasteiger partial charge is 0.479 e. The second-order valence-electron chi connectivity index (χ2n) is 4.80. The van der Waals surface area contributed by atoms with Crippen molar-refractivity contribution in [3.8, 4) is 0 Å². The lowest BCUT2D eigenvalue weighted by atomic mass is 9.90. The first-order valence-corrected chi connectivity index (χ1v) is 6.35. The van der Waals surface area contributed by atoms with Gasteiger partial charge in [-0.2, -0.15) is 0 Å². The maximum Gasteiger partial charge on any atom is 0.332 e. The maximum atomic E-state index is 14.0. The topological polar surface area (TPSA) is 66.8 Å². The van der Waals surface area contributed by atoms with Crippen molar-refractivity contribution in [3.63, 3.8) is 0 Å². The van der Waals surface area contributed by atoms with E-state index >= 15 is 0 Å². The van der Waals surface area contributed by atoms with Crippen LogP contribution in [0.25, 0.3) is 0 Å². The third-order valence-electron chi connectivity index (χ3n) is 3.44. The van der Waals surface area contributed by atoms with Gasteiger partial charge in [-0.1, -0.05) is 12.1 Å². The average Bonchev–Trinajstić information content (AvgIpc) is 2.39. The number of aliphatic hydroxyl groups excluding tert-OH is 1. The molecule has 104 valence electrons. The molecule has 2 N–H and O–H groups in total. The molecule has 1 aromatic rings. The van der Waals surface area contributed by atoms with Gasteiger partial charge in [0.2, 0.25) is 0 Å². The third-order valence-corrected chi connectivity index (χ3v) is 3.44. The van der Waals surface area contributed by atoms with Gasteiger partial charge in [0.05, 0.1) is 0 Å². The van der Waals surface area contributed by atoms with Gasteiger partial charge in [0.15, 0.2) is 6.10 Å². The molecule has 0 saturated carbocycles. The lowest BCUT2D eigenvalue weighted by molar-refractivity contribution is -0.146. The number of hydrogen-bond acceptors (Lipinski definition) is 3. The van der Waals surface area contributed by atoms with Gasteiger partial charge in [0.1, 0.15) is 5.82 Å². The Morgan fingerprint density at radius 2 is 2.11 bits per heavy atom. The first-order chi connectivity index (χ1) is 9.08. The van der Waals surface area contributed by atoms with E-state index in [0.29, 0.717) is 24.3 Å². The fourth-order valence-electron chi connectivity index (χ4n) is 2.35. The molecule has 5 heteroatoms. The first kappa shape index (κ1) is 14.0. The van der Waals surface area contributed by atoms with Crippen LogP contribution in [0.1, 0.15) is 29.9 Å². The number of carboxylic acid groups (broad SMARTS) is 1. The monoisotopic (exact) mass is 268 g/mol. The van der Waals surface area contributed by atoms with Crippen LogP contribution in [-0.2, 0) is 16.0 Å². The Morgan fingerprint density at radius 3 is 2.68 bits per heavy atom. The van der Waals surface area contributed by atoms with E-state index in [1.54, 1.807) is 12.1 Å². The molecular formula is C14H17FO4. The Morgan fingerprint density at radius 1 is 1.42 bits per heavy atom. The minimum atomic E-state index is -1.49. The highest BCUT2D eigenvalue weighted by Crippen LogP contribution is 2.29. The summed E-state index contributed by atoms with van der Waals surface area (Å²) in [5.41, 5.74) is 1.14. The third kappa shape index (κ3) is 3.52. The van der Waals surface area contributed by atoms with Crippen molar-refractivity contribution < 1.29 is 24.1 Å².